The van der Waals surface area contributed by atoms with E-state index in [4.69, 9.17) is 10.5 Å². The number of nitrogens with one attached hydrogen (secondary N) is 3. The Morgan fingerprint density at radius 3 is 2.22 bits per heavy atom. The molecule has 0 spiro atoms. The minimum atomic E-state index is -1.35. The van der Waals surface area contributed by atoms with Crippen molar-refractivity contribution in [2.75, 3.05) is 13.1 Å². The molecule has 0 radical (unpaired) electrons. The molecule has 296 valence electrons. The van der Waals surface area contributed by atoms with Crippen LogP contribution in [0.15, 0.2) is 66.7 Å². The molecule has 2 aromatic carbocycles. The van der Waals surface area contributed by atoms with Gasteiger partial charge in [-0.2, -0.15) is 0 Å². The zero-order valence-corrected chi connectivity index (χ0v) is 33.1. The third-order valence-corrected chi connectivity index (χ3v) is 10.5. The van der Waals surface area contributed by atoms with Crippen molar-refractivity contribution < 1.29 is 28.7 Å². The number of amides is 4. The number of esters is 1. The highest BCUT2D eigenvalue weighted by Crippen LogP contribution is 2.39. The van der Waals surface area contributed by atoms with Gasteiger partial charge in [0.05, 0.1) is 29.4 Å². The molecule has 1 aromatic heterocycles. The summed E-state index contributed by atoms with van der Waals surface area (Å²) < 4.78 is 6.35. The number of nitrogens with two attached hydrogens (primary N) is 1. The number of benzene rings is 2. The second-order valence-corrected chi connectivity index (χ2v) is 17.3. The number of primary amides is 1. The lowest BCUT2D eigenvalue weighted by atomic mass is 9.72. The van der Waals surface area contributed by atoms with Gasteiger partial charge < -0.3 is 26.4 Å². The number of aromatic nitrogens is 1. The lowest BCUT2D eigenvalue weighted by molar-refractivity contribution is -0.163. The molecular weight excluding hydrogens is 697 g/mol. The molecule has 0 bridgehead atoms. The molecule has 1 saturated heterocycles. The molecule has 4 amide bonds. The van der Waals surface area contributed by atoms with E-state index in [9.17, 15) is 24.0 Å². The summed E-state index contributed by atoms with van der Waals surface area (Å²) in [5.74, 6) is -1.82. The van der Waals surface area contributed by atoms with Crippen LogP contribution in [0.3, 0.4) is 0 Å². The molecule has 1 aliphatic carbocycles. The van der Waals surface area contributed by atoms with E-state index in [0.717, 1.165) is 36.6 Å². The molecule has 1 aliphatic heterocycles. The van der Waals surface area contributed by atoms with Crippen molar-refractivity contribution in [2.24, 2.45) is 23.0 Å². The summed E-state index contributed by atoms with van der Waals surface area (Å²) in [6.07, 6.45) is 3.99. The highest BCUT2D eigenvalue weighted by Gasteiger charge is 2.43. The van der Waals surface area contributed by atoms with Crippen molar-refractivity contribution in [3.8, 4) is 0 Å². The minimum absolute atomic E-state index is 0.0736. The van der Waals surface area contributed by atoms with Gasteiger partial charge in [0.1, 0.15) is 17.8 Å². The van der Waals surface area contributed by atoms with Crippen LogP contribution in [-0.4, -0.2) is 82.3 Å². The van der Waals surface area contributed by atoms with Gasteiger partial charge in [-0.15, -0.1) is 0 Å². The summed E-state index contributed by atoms with van der Waals surface area (Å²) in [6.45, 7) is 12.0. The molecule has 2 fully saturated rings. The standard InChI is InChI=1S/C43H58N6O6/c1-42(2,3)41(54)55-36(26-49-25-30-18-11-10-17-29(30)23-35(49)40(53)48-43(4,5)6)33(22-27-14-8-7-9-15-27)46-39(52)34(24-37(44)50)47-38(51)32-21-20-28-16-12-13-19-31(28)45-32/h7-9,12-16,19-21,29-30,33-36H,10-11,17-18,22-26H2,1-6H3,(H2,44,50)(H,46,52)(H,47,51)(H,48,53)/t29-,30+,33-,34-,35-,36+/m0/s1. The zero-order chi connectivity index (χ0) is 39.9. The maximum absolute atomic E-state index is 14.3. The van der Waals surface area contributed by atoms with Crippen molar-refractivity contribution in [1.29, 1.82) is 0 Å². The molecule has 55 heavy (non-hydrogen) atoms. The Kier molecular flexibility index (Phi) is 13.3. The van der Waals surface area contributed by atoms with Gasteiger partial charge in [0.15, 0.2) is 0 Å². The summed E-state index contributed by atoms with van der Waals surface area (Å²) in [4.78, 5) is 74.4. The summed E-state index contributed by atoms with van der Waals surface area (Å²) in [5.41, 5.74) is 5.84. The number of piperidine rings is 1. The zero-order valence-electron chi connectivity index (χ0n) is 33.1. The molecule has 5 N–H and O–H groups in total. The highest BCUT2D eigenvalue weighted by atomic mass is 16.5. The first kappa shape index (κ1) is 41.3. The van der Waals surface area contributed by atoms with Crippen LogP contribution in [0.4, 0.5) is 0 Å². The Labute approximate surface area is 324 Å². The van der Waals surface area contributed by atoms with Crippen LogP contribution in [0.5, 0.6) is 0 Å². The number of para-hydroxylation sites is 1. The van der Waals surface area contributed by atoms with E-state index in [0.29, 0.717) is 30.3 Å². The maximum atomic E-state index is 14.3. The summed E-state index contributed by atoms with van der Waals surface area (Å²) in [5, 5.41) is 9.75. The van der Waals surface area contributed by atoms with Crippen LogP contribution in [-0.2, 0) is 30.3 Å². The summed E-state index contributed by atoms with van der Waals surface area (Å²) >= 11 is 0. The van der Waals surface area contributed by atoms with Crippen LogP contribution >= 0.6 is 0 Å². The highest BCUT2D eigenvalue weighted by molar-refractivity contribution is 5.99. The normalized spacial score (nSPS) is 20.7. The van der Waals surface area contributed by atoms with E-state index in [1.165, 1.54) is 0 Å². The first-order chi connectivity index (χ1) is 26.0. The number of fused-ring (bicyclic) bond motifs is 2. The number of pyridine rings is 1. The Balaban J connectivity index is 1.48. The van der Waals surface area contributed by atoms with Crippen molar-refractivity contribution in [3.05, 3.63) is 78.0 Å². The number of nitrogens with zero attached hydrogens (tertiary/aromatic N) is 2. The lowest BCUT2D eigenvalue weighted by Crippen LogP contribution is -2.62. The first-order valence-corrected chi connectivity index (χ1v) is 19.5. The summed E-state index contributed by atoms with van der Waals surface area (Å²) in [6, 6.07) is 17.5. The predicted molar refractivity (Wildman–Crippen MR) is 212 cm³/mol. The Morgan fingerprint density at radius 1 is 0.873 bits per heavy atom. The van der Waals surface area contributed by atoms with Crippen LogP contribution in [0, 0.1) is 17.3 Å². The average molecular weight is 755 g/mol. The van der Waals surface area contributed by atoms with Crippen molar-refractivity contribution in [1.82, 2.24) is 25.8 Å². The van der Waals surface area contributed by atoms with E-state index in [1.54, 1.807) is 39.0 Å². The van der Waals surface area contributed by atoms with Gasteiger partial charge in [0.2, 0.25) is 17.7 Å². The Morgan fingerprint density at radius 2 is 1.55 bits per heavy atom. The van der Waals surface area contributed by atoms with Gasteiger partial charge in [0.25, 0.3) is 5.91 Å². The number of likely N-dealkylation sites (tertiary alicyclic amines) is 1. The van der Waals surface area contributed by atoms with Crippen molar-refractivity contribution in [3.63, 3.8) is 0 Å². The number of hydrogen-bond acceptors (Lipinski definition) is 8. The summed E-state index contributed by atoms with van der Waals surface area (Å²) in [7, 11) is 0. The van der Waals surface area contributed by atoms with E-state index < -0.39 is 65.3 Å². The molecule has 3 aromatic rings. The monoisotopic (exact) mass is 754 g/mol. The molecule has 12 heteroatoms. The fraction of sp³-hybridized carbons (Fsp3) is 0.535. The Hall–Kier alpha value is -4.84. The molecule has 5 rings (SSSR count). The van der Waals surface area contributed by atoms with E-state index in [1.807, 2.05) is 69.3 Å². The maximum Gasteiger partial charge on any atom is 0.311 e. The van der Waals surface area contributed by atoms with Crippen LogP contribution < -0.4 is 21.7 Å². The molecule has 1 saturated carbocycles. The molecule has 0 unspecified atom stereocenters. The van der Waals surface area contributed by atoms with Gasteiger partial charge in [0, 0.05) is 24.0 Å². The van der Waals surface area contributed by atoms with Crippen molar-refractivity contribution in [2.45, 2.75) is 116 Å². The Bertz CT molecular complexity index is 1840. The molecule has 12 nitrogen and oxygen atoms in total. The lowest BCUT2D eigenvalue weighted by Gasteiger charge is -2.47. The van der Waals surface area contributed by atoms with Gasteiger partial charge >= 0.3 is 5.97 Å². The number of ether oxygens (including phenoxy) is 1. The molecular formula is C43H58N6O6. The predicted octanol–water partition coefficient (Wildman–Crippen LogP) is 4.69. The van der Waals surface area contributed by atoms with Crippen LogP contribution in [0.25, 0.3) is 10.9 Å². The van der Waals surface area contributed by atoms with Crippen LogP contribution in [0.1, 0.15) is 96.1 Å². The largest absolute Gasteiger partial charge is 0.458 e. The fourth-order valence-electron chi connectivity index (χ4n) is 7.68. The third-order valence-electron chi connectivity index (χ3n) is 10.5. The second-order valence-electron chi connectivity index (χ2n) is 17.3. The molecule has 2 heterocycles. The van der Waals surface area contributed by atoms with Gasteiger partial charge in [-0.1, -0.05) is 73.9 Å². The average Bonchev–Trinajstić information content (AvgIpc) is 3.12. The van der Waals surface area contributed by atoms with Gasteiger partial charge in [-0.05, 0) is 90.3 Å². The first-order valence-electron chi connectivity index (χ1n) is 19.5. The minimum Gasteiger partial charge on any atom is -0.458 e. The quantitative estimate of drug-likeness (QED) is 0.182. The van der Waals surface area contributed by atoms with Gasteiger partial charge in [-0.3, -0.25) is 28.9 Å². The smallest absolute Gasteiger partial charge is 0.311 e. The van der Waals surface area contributed by atoms with E-state index >= 15 is 0 Å². The van der Waals surface area contributed by atoms with Crippen molar-refractivity contribution >= 4 is 40.5 Å². The number of rotatable bonds is 13. The van der Waals surface area contributed by atoms with E-state index in [2.05, 4.69) is 25.8 Å². The van der Waals surface area contributed by atoms with Gasteiger partial charge in [-0.25, -0.2) is 4.98 Å². The number of hydrogen-bond donors (Lipinski definition) is 4. The number of carbonyl (C=O) groups is 5. The topological polar surface area (TPSA) is 173 Å². The molecule has 2 aliphatic rings. The molecule has 6 atom stereocenters. The third kappa shape index (κ3) is 11.6. The number of carbonyl (C=O) groups excluding carboxylic acids is 5. The second kappa shape index (κ2) is 17.7. The van der Waals surface area contributed by atoms with Crippen LogP contribution in [0.2, 0.25) is 0 Å². The fourth-order valence-corrected chi connectivity index (χ4v) is 7.68. The SMILES string of the molecule is CC(C)(C)NC(=O)[C@@H]1C[C@@H]2CCCC[C@@H]2CN1C[C@@H](OC(=O)C(C)(C)C)[C@H](Cc1ccccc1)NC(=O)[C@H](CC(N)=O)NC(=O)c1ccc2ccccc2n1. The van der Waals surface area contributed by atoms with E-state index in [-0.39, 0.29) is 24.6 Å².